The monoisotopic (exact) mass is 505 g/mol. The summed E-state index contributed by atoms with van der Waals surface area (Å²) >= 11 is 0. The summed E-state index contributed by atoms with van der Waals surface area (Å²) in [5.41, 5.74) is 1.29. The minimum atomic E-state index is -3.80. The summed E-state index contributed by atoms with van der Waals surface area (Å²) in [6, 6.07) is 18.7. The smallest absolute Gasteiger partial charge is 0.306 e. The van der Waals surface area contributed by atoms with Crippen LogP contribution in [0, 0.1) is 20.8 Å². The third kappa shape index (κ3) is 5.52. The van der Waals surface area contributed by atoms with E-state index in [-0.39, 0.29) is 11.1 Å². The van der Waals surface area contributed by atoms with Crippen LogP contribution in [0.5, 0.6) is 0 Å². The van der Waals surface area contributed by atoms with Crippen molar-refractivity contribution < 1.29 is 33.6 Å². The molecule has 0 aliphatic carbocycles. The number of ketones is 1. The summed E-state index contributed by atoms with van der Waals surface area (Å²) < 4.78 is 19.5. The van der Waals surface area contributed by atoms with Crippen LogP contribution in [0.15, 0.2) is 66.7 Å². The Kier molecular flexibility index (Phi) is 8.38. The zero-order chi connectivity index (χ0) is 26.5. The molecule has 0 aliphatic heterocycles. The molecule has 0 atom stereocenters. The second-order valence-electron chi connectivity index (χ2n) is 8.43. The van der Waals surface area contributed by atoms with E-state index in [4.69, 9.17) is 4.74 Å². The predicted molar refractivity (Wildman–Crippen MR) is 134 cm³/mol. The average Bonchev–Trinajstić information content (AvgIpc) is 2.86. The molecule has 0 aliphatic rings. The van der Waals surface area contributed by atoms with E-state index in [9.17, 15) is 28.8 Å². The molecule has 0 spiro atoms. The zero-order valence-corrected chi connectivity index (χ0v) is 21.2. The van der Waals surface area contributed by atoms with Crippen molar-refractivity contribution in [1.29, 1.82) is 0 Å². The topological polar surface area (TPSA) is 118 Å². The summed E-state index contributed by atoms with van der Waals surface area (Å²) in [6.07, 6.45) is -0.926. The zero-order valence-electron chi connectivity index (χ0n) is 20.3. The number of carboxylic acids is 1. The number of rotatable bonds is 10. The molecule has 7 nitrogen and oxygen atoms in total. The lowest BCUT2D eigenvalue weighted by Crippen LogP contribution is -2.25. The Hall–Kier alpha value is -3.83. The Morgan fingerprint density at radius 3 is 1.78 bits per heavy atom. The molecule has 0 fully saturated rings. The highest BCUT2D eigenvalue weighted by atomic mass is 31.2. The molecule has 3 rings (SSSR count). The van der Waals surface area contributed by atoms with Gasteiger partial charge in [-0.3, -0.25) is 14.4 Å². The summed E-state index contributed by atoms with van der Waals surface area (Å²) in [5, 5.41) is 11.3. The molecule has 3 aromatic rings. The Morgan fingerprint density at radius 2 is 1.28 bits per heavy atom. The van der Waals surface area contributed by atoms with Crippen molar-refractivity contribution >= 4 is 41.0 Å². The summed E-state index contributed by atoms with van der Waals surface area (Å²) in [6.45, 7) is 4.42. The maximum absolute atomic E-state index is 14.6. The molecule has 0 amide bonds. The number of carboxylic acid groups (broad SMARTS) is 1. The van der Waals surface area contributed by atoms with Crippen LogP contribution in [0.4, 0.5) is 0 Å². The highest BCUT2D eigenvalue weighted by Crippen LogP contribution is 2.48. The maximum Gasteiger partial charge on any atom is 0.306 e. The van der Waals surface area contributed by atoms with Crippen molar-refractivity contribution in [2.45, 2.75) is 33.6 Å². The first kappa shape index (κ1) is 26.8. The number of benzene rings is 3. The van der Waals surface area contributed by atoms with Crippen molar-refractivity contribution in [2.24, 2.45) is 0 Å². The molecular formula is C28H26O7P-. The number of aryl methyl sites for hydroxylation is 2. The molecule has 36 heavy (non-hydrogen) atoms. The Bertz CT molecular complexity index is 1320. The first-order chi connectivity index (χ1) is 17.1. The van der Waals surface area contributed by atoms with Gasteiger partial charge in [0.15, 0.2) is 6.61 Å². The van der Waals surface area contributed by atoms with E-state index in [1.54, 1.807) is 87.5 Å². The van der Waals surface area contributed by atoms with Gasteiger partial charge in [-0.05, 0) is 43.9 Å². The van der Waals surface area contributed by atoms with E-state index < -0.39 is 49.8 Å². The van der Waals surface area contributed by atoms with Gasteiger partial charge in [-0.2, -0.15) is 0 Å². The van der Waals surface area contributed by atoms with Gasteiger partial charge in [0.2, 0.25) is 18.4 Å². The fraction of sp³-hybridized carbons (Fsp3) is 0.214. The van der Waals surface area contributed by atoms with E-state index in [0.29, 0.717) is 27.3 Å². The van der Waals surface area contributed by atoms with Gasteiger partial charge in [0, 0.05) is 27.7 Å². The van der Waals surface area contributed by atoms with Gasteiger partial charge in [0.05, 0.1) is 6.42 Å². The molecule has 0 N–H and O–H groups in total. The molecule has 0 radical (unpaired) electrons. The molecule has 0 saturated carbocycles. The van der Waals surface area contributed by atoms with Crippen LogP contribution in [-0.2, 0) is 18.9 Å². The first-order valence-electron chi connectivity index (χ1n) is 11.3. The predicted octanol–water partition coefficient (Wildman–Crippen LogP) is 3.02. The van der Waals surface area contributed by atoms with Gasteiger partial charge in [0.1, 0.15) is 0 Å². The van der Waals surface area contributed by atoms with Crippen LogP contribution in [0.3, 0.4) is 0 Å². The lowest BCUT2D eigenvalue weighted by molar-refractivity contribution is -0.305. The van der Waals surface area contributed by atoms with Crippen LogP contribution in [0.25, 0.3) is 0 Å². The van der Waals surface area contributed by atoms with Gasteiger partial charge in [-0.1, -0.05) is 66.7 Å². The number of hydrogen-bond acceptors (Lipinski definition) is 7. The SMILES string of the molecule is Cc1cc(C)c(C(=O)P(=O)(c2ccccc2)c2ccccc2)c(C)c1C(=O)COC(=O)CCC(=O)[O-]. The van der Waals surface area contributed by atoms with Crippen molar-refractivity contribution in [3.05, 3.63) is 94.5 Å². The van der Waals surface area contributed by atoms with Crippen molar-refractivity contribution in [2.75, 3.05) is 6.61 Å². The second-order valence-corrected chi connectivity index (χ2v) is 11.1. The summed E-state index contributed by atoms with van der Waals surface area (Å²) in [5.74, 6) is -2.79. The van der Waals surface area contributed by atoms with Gasteiger partial charge in [-0.15, -0.1) is 0 Å². The van der Waals surface area contributed by atoms with Crippen LogP contribution < -0.4 is 15.7 Å². The fourth-order valence-corrected chi connectivity index (χ4v) is 6.87. The van der Waals surface area contributed by atoms with Gasteiger partial charge in [-0.25, -0.2) is 0 Å². The largest absolute Gasteiger partial charge is 0.550 e. The minimum Gasteiger partial charge on any atom is -0.550 e. The Labute approximate surface area is 209 Å². The van der Waals surface area contributed by atoms with E-state index in [0.717, 1.165) is 0 Å². The Morgan fingerprint density at radius 1 is 0.778 bits per heavy atom. The molecule has 0 saturated heterocycles. The highest BCUT2D eigenvalue weighted by Gasteiger charge is 2.38. The molecule has 0 bridgehead atoms. The normalized spacial score (nSPS) is 11.1. The number of ether oxygens (including phenoxy) is 1. The lowest BCUT2D eigenvalue weighted by Gasteiger charge is -2.22. The number of hydrogen-bond donors (Lipinski definition) is 0. The third-order valence-corrected chi connectivity index (χ3v) is 8.73. The van der Waals surface area contributed by atoms with Crippen molar-refractivity contribution in [3.8, 4) is 0 Å². The van der Waals surface area contributed by atoms with E-state index >= 15 is 0 Å². The summed E-state index contributed by atoms with van der Waals surface area (Å²) in [7, 11) is -3.80. The van der Waals surface area contributed by atoms with Crippen LogP contribution >= 0.6 is 7.14 Å². The molecule has 3 aromatic carbocycles. The van der Waals surface area contributed by atoms with Crippen LogP contribution in [0.1, 0.15) is 50.2 Å². The molecule has 8 heteroatoms. The van der Waals surface area contributed by atoms with Gasteiger partial charge >= 0.3 is 5.97 Å². The van der Waals surface area contributed by atoms with Crippen LogP contribution in [0.2, 0.25) is 0 Å². The summed E-state index contributed by atoms with van der Waals surface area (Å²) in [4.78, 5) is 49.4. The number of aliphatic carboxylic acids is 1. The average molecular weight is 505 g/mol. The first-order valence-corrected chi connectivity index (χ1v) is 13.0. The third-order valence-electron chi connectivity index (χ3n) is 5.89. The van der Waals surface area contributed by atoms with Gasteiger partial charge in [0.25, 0.3) is 0 Å². The molecule has 0 unspecified atom stereocenters. The van der Waals surface area contributed by atoms with E-state index in [1.807, 2.05) is 0 Å². The van der Waals surface area contributed by atoms with Crippen LogP contribution in [-0.4, -0.2) is 29.9 Å². The number of carbonyl (C=O) groups excluding carboxylic acids is 4. The highest BCUT2D eigenvalue weighted by molar-refractivity contribution is 7.93. The molecule has 186 valence electrons. The quantitative estimate of drug-likeness (QED) is 0.236. The molecule has 0 aromatic heterocycles. The fourth-order valence-electron chi connectivity index (χ4n) is 4.26. The maximum atomic E-state index is 14.6. The minimum absolute atomic E-state index is 0.184. The van der Waals surface area contributed by atoms with E-state index in [2.05, 4.69) is 0 Å². The second kappa shape index (κ2) is 11.3. The lowest BCUT2D eigenvalue weighted by atomic mass is 9.92. The Balaban J connectivity index is 2.05. The standard InChI is InChI=1S/C28H27O7P/c1-18-16-19(2)27(20(3)26(18)23(29)17-35-25(32)15-14-24(30)31)28(33)36(34,21-10-6-4-7-11-21)22-12-8-5-9-13-22/h4-13,16H,14-15,17H2,1-3H3,(H,30,31)/p-1. The molecular weight excluding hydrogens is 479 g/mol. The number of Topliss-reactive ketones (excluding diaryl/α,β-unsaturated/α-hetero) is 1. The number of carbonyl (C=O) groups is 4. The van der Waals surface area contributed by atoms with Gasteiger partial charge < -0.3 is 19.2 Å². The van der Waals surface area contributed by atoms with Crippen molar-refractivity contribution in [3.63, 3.8) is 0 Å². The number of esters is 1. The van der Waals surface area contributed by atoms with E-state index in [1.165, 1.54) is 0 Å². The molecule has 0 heterocycles. The van der Waals surface area contributed by atoms with Crippen molar-refractivity contribution in [1.82, 2.24) is 0 Å².